The molecule has 2 aliphatic heterocycles. The zero-order valence-corrected chi connectivity index (χ0v) is 20.6. The van der Waals surface area contributed by atoms with Crippen LogP contribution in [0.5, 0.6) is 11.5 Å². The maximum absolute atomic E-state index is 13.6. The smallest absolute Gasteiger partial charge is 0.304 e. The quantitative estimate of drug-likeness (QED) is 0.623. The van der Waals surface area contributed by atoms with E-state index in [-0.39, 0.29) is 43.0 Å². The average molecular weight is 505 g/mol. The van der Waals surface area contributed by atoms with E-state index in [0.29, 0.717) is 48.9 Å². The number of amides is 2. The third kappa shape index (κ3) is 3.57. The van der Waals surface area contributed by atoms with Gasteiger partial charge >= 0.3 is 10.2 Å². The number of nitrogens with zero attached hydrogens (tertiary/aromatic N) is 2. The Labute approximate surface area is 205 Å². The van der Waals surface area contributed by atoms with Gasteiger partial charge in [-0.1, -0.05) is 0 Å². The molecule has 3 unspecified atom stereocenters. The first-order chi connectivity index (χ1) is 16.7. The Bertz CT molecular complexity index is 1160. The number of hydrogen-bond acceptors (Lipinski definition) is 6. The third-order valence-corrected chi connectivity index (χ3v) is 10.9. The van der Waals surface area contributed by atoms with E-state index in [1.54, 1.807) is 25.1 Å². The van der Waals surface area contributed by atoms with Crippen molar-refractivity contribution in [2.75, 3.05) is 24.2 Å². The van der Waals surface area contributed by atoms with E-state index in [1.807, 2.05) is 0 Å². The minimum absolute atomic E-state index is 0.0357. The number of nitrogens with two attached hydrogens (primary N) is 1. The number of anilines is 1. The largest absolute Gasteiger partial charge is 0.454 e. The van der Waals surface area contributed by atoms with Crippen LogP contribution >= 0.6 is 0 Å². The lowest BCUT2D eigenvalue weighted by atomic mass is 9.47. The van der Waals surface area contributed by atoms with Gasteiger partial charge in [-0.05, 0) is 75.3 Å². The lowest BCUT2D eigenvalue weighted by Gasteiger charge is -2.59. The van der Waals surface area contributed by atoms with Gasteiger partial charge in [0.25, 0.3) is 0 Å². The van der Waals surface area contributed by atoms with Crippen molar-refractivity contribution in [3.05, 3.63) is 18.2 Å². The summed E-state index contributed by atoms with van der Waals surface area (Å²) in [6.07, 6.45) is 4.88. The van der Waals surface area contributed by atoms with Crippen LogP contribution in [0.1, 0.15) is 45.4 Å². The molecule has 6 aliphatic rings. The zero-order chi connectivity index (χ0) is 24.5. The first-order valence-corrected chi connectivity index (χ1v) is 13.9. The zero-order valence-electron chi connectivity index (χ0n) is 19.8. The number of hydrogen-bond donors (Lipinski definition) is 2. The van der Waals surface area contributed by atoms with Crippen molar-refractivity contribution >= 4 is 27.7 Å². The number of rotatable bonds is 5. The molecule has 0 radical (unpaired) electrons. The minimum atomic E-state index is -3.91. The normalized spacial score (nSPS) is 35.6. The second-order valence-corrected chi connectivity index (χ2v) is 12.7. The van der Waals surface area contributed by atoms with E-state index in [1.165, 1.54) is 8.61 Å². The van der Waals surface area contributed by atoms with Gasteiger partial charge in [-0.3, -0.25) is 13.9 Å². The van der Waals surface area contributed by atoms with E-state index in [9.17, 15) is 18.0 Å². The molecular weight excluding hydrogens is 472 g/mol. The Morgan fingerprint density at radius 3 is 2.54 bits per heavy atom. The number of carbonyl (C=O) groups is 2. The first kappa shape index (κ1) is 22.9. The molecule has 1 aromatic rings. The van der Waals surface area contributed by atoms with Crippen LogP contribution in [-0.4, -0.2) is 56.5 Å². The molecule has 190 valence electrons. The fourth-order valence-corrected chi connectivity index (χ4v) is 9.25. The molecule has 11 heteroatoms. The number of ether oxygens (including phenoxy) is 2. The molecule has 2 amide bonds. The summed E-state index contributed by atoms with van der Waals surface area (Å²) < 4.78 is 40.5. The molecule has 3 atom stereocenters. The second kappa shape index (κ2) is 7.99. The maximum atomic E-state index is 13.6. The molecule has 0 spiro atoms. The molecule has 4 saturated carbocycles. The van der Waals surface area contributed by atoms with Gasteiger partial charge in [0, 0.05) is 30.6 Å². The fraction of sp³-hybridized carbons (Fsp3) is 0.667. The number of benzene rings is 1. The van der Waals surface area contributed by atoms with Crippen molar-refractivity contribution < 1.29 is 27.5 Å². The van der Waals surface area contributed by atoms with Crippen molar-refractivity contribution in [3.8, 4) is 11.5 Å². The summed E-state index contributed by atoms with van der Waals surface area (Å²) >= 11 is 0. The van der Waals surface area contributed by atoms with Gasteiger partial charge in [0.15, 0.2) is 11.5 Å². The lowest BCUT2D eigenvalue weighted by Crippen LogP contribution is -2.64. The van der Waals surface area contributed by atoms with Gasteiger partial charge in [-0.25, -0.2) is 0 Å². The molecule has 7 rings (SSSR count). The monoisotopic (exact) mass is 504 g/mol. The summed E-state index contributed by atoms with van der Waals surface area (Å²) in [4.78, 5) is 25.6. The number of nitrogens with one attached hydrogen (secondary N) is 1. The van der Waals surface area contributed by atoms with Gasteiger partial charge in [0.1, 0.15) is 6.04 Å². The highest BCUT2D eigenvalue weighted by Gasteiger charge is 2.58. The highest BCUT2D eigenvalue weighted by atomic mass is 32.2. The molecule has 4 aliphatic carbocycles. The minimum Gasteiger partial charge on any atom is -0.454 e. The summed E-state index contributed by atoms with van der Waals surface area (Å²) in [6, 6.07) is 4.18. The topological polar surface area (TPSA) is 131 Å². The highest BCUT2D eigenvalue weighted by molar-refractivity contribution is 7.90. The van der Waals surface area contributed by atoms with Crippen LogP contribution < -0.4 is 24.8 Å². The second-order valence-electron chi connectivity index (χ2n) is 10.9. The SMILES string of the molecule is CC(C(=O)NC1C2CC3CC1CC(C(N)=O)(C3)C2)N1CCCN(c2ccc3c(c2)OCO3)S1(=O)=O. The van der Waals surface area contributed by atoms with Crippen LogP contribution in [0, 0.1) is 23.2 Å². The van der Waals surface area contributed by atoms with Crippen LogP contribution in [0.3, 0.4) is 0 Å². The van der Waals surface area contributed by atoms with E-state index < -0.39 is 21.7 Å². The molecule has 1 saturated heterocycles. The fourth-order valence-electron chi connectivity index (χ4n) is 7.40. The standard InChI is InChI=1S/C24H32N4O6S/c1-14(22(29)26-21-16-7-15-8-17(21)12-24(10-15,11-16)23(25)30)27-5-2-6-28(35(27,31)32)18-3-4-19-20(9-18)34-13-33-19/h3-4,9,14-17,21H,2,5-8,10-13H2,1H3,(H2,25,30)(H,26,29). The van der Waals surface area contributed by atoms with Gasteiger partial charge in [-0.2, -0.15) is 12.7 Å². The molecule has 5 fully saturated rings. The summed E-state index contributed by atoms with van der Waals surface area (Å²) in [5.74, 6) is 1.52. The van der Waals surface area contributed by atoms with Gasteiger partial charge in [0.2, 0.25) is 18.6 Å². The summed E-state index contributed by atoms with van der Waals surface area (Å²) in [5, 5.41) is 3.19. The Hall–Kier alpha value is -2.53. The van der Waals surface area contributed by atoms with Gasteiger partial charge in [0.05, 0.1) is 5.69 Å². The summed E-state index contributed by atoms with van der Waals surface area (Å²) in [5.41, 5.74) is 5.85. The number of carbonyl (C=O) groups excluding carboxylic acids is 2. The first-order valence-electron chi connectivity index (χ1n) is 12.5. The van der Waals surface area contributed by atoms with E-state index in [2.05, 4.69) is 5.32 Å². The van der Waals surface area contributed by atoms with Crippen LogP contribution in [0.2, 0.25) is 0 Å². The summed E-state index contributed by atoms with van der Waals surface area (Å²) in [6.45, 7) is 2.37. The number of primary amides is 1. The average Bonchev–Trinajstić information content (AvgIpc) is 3.28. The molecule has 0 aromatic heterocycles. The van der Waals surface area contributed by atoms with Crippen LogP contribution in [-0.2, 0) is 19.8 Å². The van der Waals surface area contributed by atoms with Crippen molar-refractivity contribution in [1.82, 2.24) is 9.62 Å². The summed E-state index contributed by atoms with van der Waals surface area (Å²) in [7, 11) is -3.91. The van der Waals surface area contributed by atoms with Gasteiger partial charge in [-0.15, -0.1) is 0 Å². The van der Waals surface area contributed by atoms with Crippen LogP contribution in [0.25, 0.3) is 0 Å². The Kier molecular flexibility index (Phi) is 5.23. The van der Waals surface area contributed by atoms with Crippen LogP contribution in [0.15, 0.2) is 18.2 Å². The third-order valence-electron chi connectivity index (χ3n) is 8.87. The van der Waals surface area contributed by atoms with Crippen molar-refractivity contribution in [2.45, 2.75) is 57.5 Å². The predicted molar refractivity (Wildman–Crippen MR) is 127 cm³/mol. The highest BCUT2D eigenvalue weighted by Crippen LogP contribution is 2.60. The molecule has 10 nitrogen and oxygen atoms in total. The maximum Gasteiger partial charge on any atom is 0.304 e. The van der Waals surface area contributed by atoms with E-state index in [4.69, 9.17) is 15.2 Å². The Morgan fingerprint density at radius 2 is 1.83 bits per heavy atom. The van der Waals surface area contributed by atoms with Gasteiger partial charge < -0.3 is 20.5 Å². The Balaban J connectivity index is 1.18. The molecule has 2 heterocycles. The van der Waals surface area contributed by atoms with Crippen molar-refractivity contribution in [2.24, 2.45) is 28.9 Å². The molecule has 1 aromatic carbocycles. The van der Waals surface area contributed by atoms with E-state index in [0.717, 1.165) is 19.3 Å². The Morgan fingerprint density at radius 1 is 1.11 bits per heavy atom. The predicted octanol–water partition coefficient (Wildman–Crippen LogP) is 1.36. The van der Waals surface area contributed by atoms with E-state index >= 15 is 0 Å². The van der Waals surface area contributed by atoms with Crippen molar-refractivity contribution in [3.63, 3.8) is 0 Å². The molecule has 35 heavy (non-hydrogen) atoms. The van der Waals surface area contributed by atoms with Crippen molar-refractivity contribution in [1.29, 1.82) is 0 Å². The molecule has 3 N–H and O–H groups in total. The molecular formula is C24H32N4O6S. The molecule has 4 bridgehead atoms. The number of fused-ring (bicyclic) bond motifs is 1. The van der Waals surface area contributed by atoms with Crippen LogP contribution in [0.4, 0.5) is 5.69 Å². The lowest BCUT2D eigenvalue weighted by molar-refractivity contribution is -0.147.